The molecular formula is C19H21N5O. The lowest BCUT2D eigenvalue weighted by Crippen LogP contribution is -2.31. The molecule has 0 radical (unpaired) electrons. The van der Waals surface area contributed by atoms with Gasteiger partial charge in [-0.15, -0.1) is 0 Å². The van der Waals surface area contributed by atoms with Crippen LogP contribution in [0.2, 0.25) is 0 Å². The predicted molar refractivity (Wildman–Crippen MR) is 96.3 cm³/mol. The van der Waals surface area contributed by atoms with E-state index >= 15 is 0 Å². The molecule has 4 rings (SSSR count). The lowest BCUT2D eigenvalue weighted by atomic mass is 10.1. The minimum atomic E-state index is -0.127. The van der Waals surface area contributed by atoms with Crippen molar-refractivity contribution in [1.82, 2.24) is 19.9 Å². The third-order valence-corrected chi connectivity index (χ3v) is 4.63. The number of amides is 1. The molecular weight excluding hydrogens is 314 g/mol. The van der Waals surface area contributed by atoms with Crippen molar-refractivity contribution in [2.75, 3.05) is 6.54 Å². The number of hydrogen-bond acceptors (Lipinski definition) is 4. The van der Waals surface area contributed by atoms with E-state index in [0.29, 0.717) is 12.2 Å². The molecule has 0 bridgehead atoms. The summed E-state index contributed by atoms with van der Waals surface area (Å²) in [6, 6.07) is 10.3. The Bertz CT molecular complexity index is 917. The summed E-state index contributed by atoms with van der Waals surface area (Å²) in [5.74, 6) is 0.826. The minimum absolute atomic E-state index is 0.127. The van der Waals surface area contributed by atoms with Gasteiger partial charge in [0.1, 0.15) is 11.5 Å². The Hall–Kier alpha value is -2.73. The zero-order chi connectivity index (χ0) is 17.2. The Morgan fingerprint density at radius 3 is 3.20 bits per heavy atom. The smallest absolute Gasteiger partial charge is 0.271 e. The number of aryl methyl sites for hydroxylation is 1. The summed E-state index contributed by atoms with van der Waals surface area (Å²) in [4.78, 5) is 21.1. The molecule has 0 saturated heterocycles. The van der Waals surface area contributed by atoms with E-state index in [9.17, 15) is 4.79 Å². The second-order valence-corrected chi connectivity index (χ2v) is 6.53. The second-order valence-electron chi connectivity index (χ2n) is 6.53. The normalized spacial score (nSPS) is 16.6. The van der Waals surface area contributed by atoms with Crippen LogP contribution >= 0.6 is 0 Å². The Labute approximate surface area is 146 Å². The van der Waals surface area contributed by atoms with Gasteiger partial charge >= 0.3 is 0 Å². The highest BCUT2D eigenvalue weighted by atomic mass is 16.1. The Balaban J connectivity index is 1.37. The maximum atomic E-state index is 12.3. The molecule has 6 heteroatoms. The van der Waals surface area contributed by atoms with E-state index in [2.05, 4.69) is 27.4 Å². The van der Waals surface area contributed by atoms with E-state index in [0.717, 1.165) is 42.5 Å². The largest absolute Gasteiger partial charge is 0.350 e. The summed E-state index contributed by atoms with van der Waals surface area (Å²) in [7, 11) is 0. The Morgan fingerprint density at radius 2 is 2.28 bits per heavy atom. The quantitative estimate of drug-likeness (QED) is 0.759. The average molecular weight is 335 g/mol. The number of fused-ring (bicyclic) bond motifs is 2. The van der Waals surface area contributed by atoms with Crippen molar-refractivity contribution < 1.29 is 4.79 Å². The number of benzene rings is 1. The van der Waals surface area contributed by atoms with Gasteiger partial charge in [-0.25, -0.2) is 4.98 Å². The van der Waals surface area contributed by atoms with Gasteiger partial charge in [-0.2, -0.15) is 0 Å². The van der Waals surface area contributed by atoms with Crippen molar-refractivity contribution in [3.63, 3.8) is 0 Å². The average Bonchev–Trinajstić information content (AvgIpc) is 3.05. The first-order valence-electron chi connectivity index (χ1n) is 8.62. The molecule has 25 heavy (non-hydrogen) atoms. The summed E-state index contributed by atoms with van der Waals surface area (Å²) in [5.41, 5.74) is 8.60. The molecule has 1 aliphatic heterocycles. The van der Waals surface area contributed by atoms with Crippen molar-refractivity contribution in [1.29, 1.82) is 0 Å². The molecule has 3 aromatic rings. The summed E-state index contributed by atoms with van der Waals surface area (Å²) in [5, 5.41) is 4.07. The lowest BCUT2D eigenvalue weighted by Gasteiger charge is -2.19. The van der Waals surface area contributed by atoms with E-state index < -0.39 is 0 Å². The molecule has 0 spiro atoms. The summed E-state index contributed by atoms with van der Waals surface area (Å²) in [6.07, 6.45) is 6.13. The fraction of sp³-hybridized carbons (Fsp3) is 0.316. The molecule has 1 atom stereocenters. The highest BCUT2D eigenvalue weighted by Crippen LogP contribution is 2.15. The zero-order valence-electron chi connectivity index (χ0n) is 14.0. The number of rotatable bonds is 4. The molecule has 0 fully saturated rings. The number of imidazole rings is 1. The molecule has 3 heterocycles. The number of nitrogens with one attached hydrogen (secondary N) is 1. The fourth-order valence-corrected chi connectivity index (χ4v) is 3.27. The maximum absolute atomic E-state index is 12.3. The van der Waals surface area contributed by atoms with Gasteiger partial charge in [0.15, 0.2) is 0 Å². The SMILES string of the molecule is NC1CCc2nc(C(=O)NCCc3ccc4ncccc4c3)cn2C1. The molecule has 128 valence electrons. The molecule has 6 nitrogen and oxygen atoms in total. The van der Waals surface area contributed by atoms with E-state index in [1.807, 2.05) is 29.0 Å². The predicted octanol–water partition coefficient (Wildman–Crippen LogP) is 1.68. The van der Waals surface area contributed by atoms with E-state index in [1.54, 1.807) is 6.20 Å². The van der Waals surface area contributed by atoms with Gasteiger partial charge in [0.25, 0.3) is 5.91 Å². The van der Waals surface area contributed by atoms with Gasteiger partial charge in [-0.3, -0.25) is 9.78 Å². The highest BCUT2D eigenvalue weighted by Gasteiger charge is 2.19. The topological polar surface area (TPSA) is 85.8 Å². The first kappa shape index (κ1) is 15.8. The van der Waals surface area contributed by atoms with Crippen LogP contribution in [0.3, 0.4) is 0 Å². The monoisotopic (exact) mass is 335 g/mol. The molecule has 1 aromatic carbocycles. The van der Waals surface area contributed by atoms with Gasteiger partial charge in [0.2, 0.25) is 0 Å². The van der Waals surface area contributed by atoms with Crippen LogP contribution in [0.1, 0.15) is 28.3 Å². The van der Waals surface area contributed by atoms with Crippen molar-refractivity contribution >= 4 is 16.8 Å². The van der Waals surface area contributed by atoms with Crippen molar-refractivity contribution in [2.45, 2.75) is 31.8 Å². The van der Waals surface area contributed by atoms with Crippen molar-refractivity contribution in [3.05, 3.63) is 59.8 Å². The molecule has 2 aromatic heterocycles. The van der Waals surface area contributed by atoms with E-state index in [-0.39, 0.29) is 11.9 Å². The second kappa shape index (κ2) is 6.64. The molecule has 1 aliphatic rings. The lowest BCUT2D eigenvalue weighted by molar-refractivity contribution is 0.0949. The molecule has 0 aliphatic carbocycles. The number of carbonyl (C=O) groups is 1. The zero-order valence-corrected chi connectivity index (χ0v) is 14.0. The maximum Gasteiger partial charge on any atom is 0.271 e. The van der Waals surface area contributed by atoms with Crippen molar-refractivity contribution in [2.24, 2.45) is 5.73 Å². The molecule has 3 N–H and O–H groups in total. The third-order valence-electron chi connectivity index (χ3n) is 4.63. The van der Waals surface area contributed by atoms with Crippen LogP contribution in [0.5, 0.6) is 0 Å². The van der Waals surface area contributed by atoms with E-state index in [4.69, 9.17) is 5.73 Å². The van der Waals surface area contributed by atoms with Gasteiger partial charge < -0.3 is 15.6 Å². The van der Waals surface area contributed by atoms with Crippen LogP contribution in [0.15, 0.2) is 42.7 Å². The number of nitrogens with zero attached hydrogens (tertiary/aromatic N) is 3. The minimum Gasteiger partial charge on any atom is -0.350 e. The first-order valence-corrected chi connectivity index (χ1v) is 8.62. The molecule has 0 saturated carbocycles. The first-order chi connectivity index (χ1) is 12.2. The standard InChI is InChI=1S/C19H21N5O/c20-15-4-6-18-23-17(12-24(18)11-15)19(25)22-9-7-13-3-5-16-14(10-13)2-1-8-21-16/h1-3,5,8,10,12,15H,4,6-7,9,11,20H2,(H,22,25). The van der Waals surface area contributed by atoms with Gasteiger partial charge in [-0.1, -0.05) is 12.1 Å². The van der Waals surface area contributed by atoms with Gasteiger partial charge in [0, 0.05) is 43.3 Å². The van der Waals surface area contributed by atoms with Crippen LogP contribution in [-0.2, 0) is 19.4 Å². The van der Waals surface area contributed by atoms with Crippen LogP contribution < -0.4 is 11.1 Å². The molecule has 1 amide bonds. The Kier molecular flexibility index (Phi) is 4.19. The van der Waals surface area contributed by atoms with Crippen LogP contribution in [-0.4, -0.2) is 33.0 Å². The van der Waals surface area contributed by atoms with Crippen molar-refractivity contribution in [3.8, 4) is 0 Å². The Morgan fingerprint density at radius 1 is 1.36 bits per heavy atom. The number of hydrogen-bond donors (Lipinski definition) is 2. The van der Waals surface area contributed by atoms with Gasteiger partial charge in [0.05, 0.1) is 5.52 Å². The summed E-state index contributed by atoms with van der Waals surface area (Å²) < 4.78 is 2.00. The number of nitrogens with two attached hydrogens (primary N) is 1. The third kappa shape index (κ3) is 3.39. The van der Waals surface area contributed by atoms with E-state index in [1.165, 1.54) is 5.56 Å². The number of carbonyl (C=O) groups excluding carboxylic acids is 1. The number of pyridine rings is 1. The van der Waals surface area contributed by atoms with Gasteiger partial charge in [-0.05, 0) is 36.6 Å². The van der Waals surface area contributed by atoms with Crippen LogP contribution in [0.25, 0.3) is 10.9 Å². The van der Waals surface area contributed by atoms with Crippen LogP contribution in [0, 0.1) is 0 Å². The number of aromatic nitrogens is 3. The summed E-state index contributed by atoms with van der Waals surface area (Å²) in [6.45, 7) is 1.31. The molecule has 1 unspecified atom stereocenters. The highest BCUT2D eigenvalue weighted by molar-refractivity contribution is 5.92. The fourth-order valence-electron chi connectivity index (χ4n) is 3.27. The summed E-state index contributed by atoms with van der Waals surface area (Å²) >= 11 is 0. The van der Waals surface area contributed by atoms with Crippen LogP contribution in [0.4, 0.5) is 0 Å².